The topological polar surface area (TPSA) is 130 Å². The van der Waals surface area contributed by atoms with Crippen molar-refractivity contribution >= 4 is 17.9 Å². The average molecular weight is 374 g/mol. The number of carboxylic acids is 1. The molecule has 0 heterocycles. The average Bonchev–Trinajstić information content (AvgIpc) is 2.56. The fourth-order valence-electron chi connectivity index (χ4n) is 2.30. The maximum absolute atomic E-state index is 12.0. The zero-order chi connectivity index (χ0) is 20.5. The quantitative estimate of drug-likeness (QED) is 0.367. The number of allylic oxidation sites excluding steroid dienone is 1. The van der Waals surface area contributed by atoms with Crippen LogP contribution in [0.15, 0.2) is 11.1 Å². The van der Waals surface area contributed by atoms with E-state index in [0.29, 0.717) is 0 Å². The third-order valence-electron chi connectivity index (χ3n) is 4.24. The van der Waals surface area contributed by atoms with Gasteiger partial charge in [-0.1, -0.05) is 18.1 Å². The Morgan fingerprint density at radius 1 is 1.00 bits per heavy atom. The molecule has 3 N–H and O–H groups in total. The summed E-state index contributed by atoms with van der Waals surface area (Å²) in [6, 6.07) is 0. The molecule has 26 heavy (non-hydrogen) atoms. The number of hydrogen-bond acceptors (Lipinski definition) is 7. The Morgan fingerprint density at radius 3 is 1.96 bits per heavy atom. The molecule has 0 aliphatic rings. The molecule has 0 rings (SSSR count). The van der Waals surface area contributed by atoms with Crippen LogP contribution in [0.1, 0.15) is 60.3 Å². The summed E-state index contributed by atoms with van der Waals surface area (Å²) in [6.45, 7) is 7.81. The molecule has 8 heteroatoms. The summed E-state index contributed by atoms with van der Waals surface area (Å²) in [4.78, 5) is 34.0. The fourth-order valence-corrected chi connectivity index (χ4v) is 2.30. The minimum absolute atomic E-state index is 0.196. The first-order valence-corrected chi connectivity index (χ1v) is 8.52. The van der Waals surface area contributed by atoms with Gasteiger partial charge in [-0.25, -0.2) is 4.79 Å². The molecule has 3 unspecified atom stereocenters. The zero-order valence-corrected chi connectivity index (χ0v) is 16.1. The minimum atomic E-state index is -1.73. The van der Waals surface area contributed by atoms with Crippen molar-refractivity contribution in [3.05, 3.63) is 11.1 Å². The Morgan fingerprint density at radius 2 is 1.54 bits per heavy atom. The second-order valence-corrected chi connectivity index (χ2v) is 6.63. The Balaban J connectivity index is 5.50. The van der Waals surface area contributed by atoms with Crippen molar-refractivity contribution < 1.29 is 39.2 Å². The lowest BCUT2D eigenvalue weighted by atomic mass is 9.86. The monoisotopic (exact) mass is 374 g/mol. The summed E-state index contributed by atoms with van der Waals surface area (Å²) in [5, 5.41) is 28.5. The van der Waals surface area contributed by atoms with Gasteiger partial charge in [0.15, 0.2) is 0 Å². The molecule has 0 saturated carbocycles. The van der Waals surface area contributed by atoms with E-state index in [0.717, 1.165) is 11.1 Å². The number of ether oxygens (including phenoxy) is 2. The number of carbonyl (C=O) groups is 3. The lowest BCUT2D eigenvalue weighted by Crippen LogP contribution is -2.53. The molecule has 8 nitrogen and oxygen atoms in total. The van der Waals surface area contributed by atoms with Crippen LogP contribution in [0.5, 0.6) is 0 Å². The number of esters is 2. The predicted octanol–water partition coefficient (Wildman–Crippen LogP) is 1.57. The molecule has 0 saturated heterocycles. The van der Waals surface area contributed by atoms with Gasteiger partial charge in [0.1, 0.15) is 24.4 Å². The third-order valence-corrected chi connectivity index (χ3v) is 4.24. The molecule has 150 valence electrons. The Bertz CT molecular complexity index is 531. The lowest BCUT2D eigenvalue weighted by molar-refractivity contribution is -0.193. The Hall–Kier alpha value is -1.93. The van der Waals surface area contributed by atoms with Crippen molar-refractivity contribution in [1.82, 2.24) is 0 Å². The van der Waals surface area contributed by atoms with E-state index in [1.54, 1.807) is 6.92 Å². The van der Waals surface area contributed by atoms with Crippen LogP contribution in [0.3, 0.4) is 0 Å². The molecular weight excluding hydrogens is 344 g/mol. The molecule has 0 bridgehead atoms. The molecule has 0 spiro atoms. The Kier molecular flexibility index (Phi) is 10.1. The molecule has 3 atom stereocenters. The molecular formula is C18H30O8. The summed E-state index contributed by atoms with van der Waals surface area (Å²) >= 11 is 0. The van der Waals surface area contributed by atoms with Gasteiger partial charge >= 0.3 is 17.9 Å². The van der Waals surface area contributed by atoms with E-state index < -0.39 is 42.3 Å². The van der Waals surface area contributed by atoms with Gasteiger partial charge in [0.05, 0.1) is 12.8 Å². The van der Waals surface area contributed by atoms with Crippen molar-refractivity contribution in [3.8, 4) is 0 Å². The first-order chi connectivity index (χ1) is 11.9. The van der Waals surface area contributed by atoms with Gasteiger partial charge in [0.25, 0.3) is 0 Å². The zero-order valence-electron chi connectivity index (χ0n) is 16.1. The summed E-state index contributed by atoms with van der Waals surface area (Å²) in [5.41, 5.74) is 0.132. The van der Waals surface area contributed by atoms with Crippen LogP contribution in [-0.4, -0.2) is 57.6 Å². The van der Waals surface area contributed by atoms with Crippen molar-refractivity contribution in [3.63, 3.8) is 0 Å². The Labute approximate surface area is 153 Å². The second kappa shape index (κ2) is 10.9. The van der Waals surface area contributed by atoms with E-state index in [1.807, 2.05) is 20.8 Å². The summed E-state index contributed by atoms with van der Waals surface area (Å²) < 4.78 is 10.4. The molecule has 0 aliphatic carbocycles. The van der Waals surface area contributed by atoms with E-state index in [4.69, 9.17) is 19.7 Å². The van der Waals surface area contributed by atoms with Crippen molar-refractivity contribution in [2.75, 3.05) is 6.61 Å². The summed E-state index contributed by atoms with van der Waals surface area (Å²) in [7, 11) is 0. The van der Waals surface area contributed by atoms with Crippen LogP contribution in [0.25, 0.3) is 0 Å². The molecule has 0 aliphatic heterocycles. The van der Waals surface area contributed by atoms with Gasteiger partial charge in [-0.05, 0) is 34.1 Å². The van der Waals surface area contributed by atoms with Gasteiger partial charge in [0.2, 0.25) is 0 Å². The number of hydrogen-bond donors (Lipinski definition) is 3. The maximum Gasteiger partial charge on any atom is 0.332 e. The number of aliphatic hydroxyl groups excluding tert-OH is 1. The molecule has 0 fully saturated rings. The standard InChI is InChI=1S/C18H30O8/c1-6-13(25-17(23)10-19)18(5,24)14(9-12(4)11(2)3)26-16(22)8-7-15(20)21/h13-14,19,24H,6-10H2,1-5H3,(H,20,21). The van der Waals surface area contributed by atoms with Gasteiger partial charge in [-0.2, -0.15) is 0 Å². The van der Waals surface area contributed by atoms with Gasteiger partial charge in [0, 0.05) is 6.42 Å². The SMILES string of the molecule is CCC(OC(=O)CO)C(C)(O)C(CC(C)=C(C)C)OC(=O)CCC(=O)O. The first-order valence-electron chi connectivity index (χ1n) is 8.52. The highest BCUT2D eigenvalue weighted by atomic mass is 16.6. The molecule has 0 amide bonds. The maximum atomic E-state index is 12.0. The van der Waals surface area contributed by atoms with Gasteiger partial charge in [-0.3, -0.25) is 9.59 Å². The van der Waals surface area contributed by atoms with E-state index in [9.17, 15) is 19.5 Å². The van der Waals surface area contributed by atoms with Crippen LogP contribution >= 0.6 is 0 Å². The fraction of sp³-hybridized carbons (Fsp3) is 0.722. The first kappa shape index (κ1) is 24.1. The highest BCUT2D eigenvalue weighted by Crippen LogP contribution is 2.29. The van der Waals surface area contributed by atoms with Crippen LogP contribution in [0, 0.1) is 0 Å². The highest BCUT2D eigenvalue weighted by molar-refractivity contribution is 5.76. The third kappa shape index (κ3) is 7.97. The smallest absolute Gasteiger partial charge is 0.332 e. The van der Waals surface area contributed by atoms with Crippen LogP contribution in [0.4, 0.5) is 0 Å². The van der Waals surface area contributed by atoms with Gasteiger partial charge < -0.3 is 24.8 Å². The van der Waals surface area contributed by atoms with Crippen molar-refractivity contribution in [2.45, 2.75) is 78.1 Å². The van der Waals surface area contributed by atoms with E-state index in [2.05, 4.69) is 0 Å². The summed E-state index contributed by atoms with van der Waals surface area (Å²) in [5.74, 6) is -2.79. The van der Waals surface area contributed by atoms with Crippen LogP contribution < -0.4 is 0 Å². The molecule has 0 aromatic heterocycles. The second-order valence-electron chi connectivity index (χ2n) is 6.63. The van der Waals surface area contributed by atoms with E-state index in [1.165, 1.54) is 6.92 Å². The minimum Gasteiger partial charge on any atom is -0.481 e. The van der Waals surface area contributed by atoms with Crippen molar-refractivity contribution in [2.24, 2.45) is 0 Å². The van der Waals surface area contributed by atoms with Crippen LogP contribution in [-0.2, 0) is 23.9 Å². The van der Waals surface area contributed by atoms with E-state index >= 15 is 0 Å². The number of aliphatic carboxylic acids is 1. The molecule has 0 aromatic rings. The highest BCUT2D eigenvalue weighted by Gasteiger charge is 2.43. The van der Waals surface area contributed by atoms with E-state index in [-0.39, 0.29) is 25.7 Å². The van der Waals surface area contributed by atoms with Gasteiger partial charge in [-0.15, -0.1) is 0 Å². The van der Waals surface area contributed by atoms with Crippen LogP contribution in [0.2, 0.25) is 0 Å². The largest absolute Gasteiger partial charge is 0.481 e. The lowest BCUT2D eigenvalue weighted by Gasteiger charge is -2.38. The van der Waals surface area contributed by atoms with Crippen molar-refractivity contribution in [1.29, 1.82) is 0 Å². The number of rotatable bonds is 11. The summed E-state index contributed by atoms with van der Waals surface area (Å²) in [6.07, 6.45) is -2.34. The predicted molar refractivity (Wildman–Crippen MR) is 93.3 cm³/mol. The number of aliphatic hydroxyl groups is 2. The number of carbonyl (C=O) groups excluding carboxylic acids is 2. The number of carboxylic acid groups (broad SMARTS) is 1. The molecule has 0 radical (unpaired) electrons. The normalized spacial score (nSPS) is 15.3. The molecule has 0 aromatic carbocycles.